The van der Waals surface area contributed by atoms with E-state index < -0.39 is 5.41 Å². The minimum absolute atomic E-state index is 0.434. The lowest BCUT2D eigenvalue weighted by atomic mass is 9.70. The first-order chi connectivity index (χ1) is 28.3. The lowest BCUT2D eigenvalue weighted by molar-refractivity contribution is 0.670. The van der Waals surface area contributed by atoms with Crippen molar-refractivity contribution in [2.45, 2.75) is 5.41 Å². The van der Waals surface area contributed by atoms with Gasteiger partial charge in [-0.3, -0.25) is 0 Å². The van der Waals surface area contributed by atoms with Gasteiger partial charge in [0, 0.05) is 33.3 Å². The van der Waals surface area contributed by atoms with Crippen molar-refractivity contribution in [3.63, 3.8) is 0 Å². The Labute approximate surface area is 331 Å². The molecule has 57 heavy (non-hydrogen) atoms. The zero-order valence-corrected chi connectivity index (χ0v) is 31.1. The largest absolute Gasteiger partial charge is 0.455 e. The molecule has 0 fully saturated rings. The van der Waals surface area contributed by atoms with E-state index in [-0.39, 0.29) is 0 Å². The first kappa shape index (κ1) is 31.9. The molecule has 0 aliphatic heterocycles. The number of furan rings is 1. The summed E-state index contributed by atoms with van der Waals surface area (Å²) in [6, 6.07) is 77.4. The molecule has 12 rings (SSSR count). The summed E-state index contributed by atoms with van der Waals surface area (Å²) >= 11 is 0. The van der Waals surface area contributed by atoms with Crippen molar-refractivity contribution < 1.29 is 4.42 Å². The summed E-state index contributed by atoms with van der Waals surface area (Å²) in [7, 11) is 0. The van der Waals surface area contributed by atoms with Gasteiger partial charge in [0.2, 0.25) is 0 Å². The van der Waals surface area contributed by atoms with Crippen molar-refractivity contribution >= 4 is 39.0 Å². The Morgan fingerprint density at radius 3 is 1.67 bits per heavy atom. The third-order valence-electron chi connectivity index (χ3n) is 12.3. The van der Waals surface area contributed by atoms with Crippen molar-refractivity contribution in [2.24, 2.45) is 0 Å². The molecule has 0 amide bonds. The molecule has 10 aromatic rings. The quantitative estimate of drug-likeness (QED) is 0.176. The summed E-state index contributed by atoms with van der Waals surface area (Å²) in [5.74, 6) is 0. The number of para-hydroxylation sites is 2. The molecule has 0 saturated heterocycles. The topological polar surface area (TPSA) is 16.4 Å². The molecule has 2 nitrogen and oxygen atoms in total. The fraction of sp³-hybridized carbons (Fsp3) is 0.0182. The number of rotatable bonds is 5. The zero-order valence-electron chi connectivity index (χ0n) is 31.1. The van der Waals surface area contributed by atoms with Gasteiger partial charge in [-0.15, -0.1) is 0 Å². The van der Waals surface area contributed by atoms with Crippen LogP contribution in [0, 0.1) is 0 Å². The molecule has 0 saturated carbocycles. The Balaban J connectivity index is 1.11. The SMILES string of the molecule is c1ccc(-c2ccc(N(c3cccc(-c4cccc5c4oc4ccccc45)c3)c3cccc4c3-c3ccccc3C43c4ccccc4-c4ccccc43)cc2)cc1. The third-order valence-corrected chi connectivity index (χ3v) is 12.3. The molecule has 1 spiro atoms. The average Bonchev–Trinajstić information content (AvgIpc) is 3.92. The molecule has 1 heterocycles. The highest BCUT2D eigenvalue weighted by Gasteiger charge is 2.52. The highest BCUT2D eigenvalue weighted by molar-refractivity contribution is 6.10. The molecule has 0 atom stereocenters. The molecular weight excluding hydrogens is 691 g/mol. The van der Waals surface area contributed by atoms with E-state index in [0.29, 0.717) is 0 Å². The van der Waals surface area contributed by atoms with E-state index in [0.717, 1.165) is 50.1 Å². The zero-order chi connectivity index (χ0) is 37.5. The van der Waals surface area contributed by atoms with Crippen LogP contribution in [-0.4, -0.2) is 0 Å². The Hall–Kier alpha value is -7.42. The van der Waals surface area contributed by atoms with Crippen LogP contribution in [0.5, 0.6) is 0 Å². The molecule has 2 aliphatic carbocycles. The Morgan fingerprint density at radius 1 is 0.351 bits per heavy atom. The van der Waals surface area contributed by atoms with Crippen molar-refractivity contribution in [1.29, 1.82) is 0 Å². The van der Waals surface area contributed by atoms with E-state index in [2.05, 4.69) is 211 Å². The number of hydrogen-bond donors (Lipinski definition) is 0. The van der Waals surface area contributed by atoms with E-state index in [1.54, 1.807) is 0 Å². The van der Waals surface area contributed by atoms with Crippen LogP contribution in [0.1, 0.15) is 22.3 Å². The summed E-state index contributed by atoms with van der Waals surface area (Å²) in [6.45, 7) is 0. The van der Waals surface area contributed by atoms with E-state index in [1.807, 2.05) is 6.07 Å². The third kappa shape index (κ3) is 4.53. The van der Waals surface area contributed by atoms with Gasteiger partial charge in [-0.1, -0.05) is 176 Å². The number of hydrogen-bond acceptors (Lipinski definition) is 2. The number of anilines is 3. The summed E-state index contributed by atoms with van der Waals surface area (Å²) in [5.41, 5.74) is 19.7. The molecule has 0 radical (unpaired) electrons. The lowest BCUT2D eigenvalue weighted by Crippen LogP contribution is -2.26. The van der Waals surface area contributed by atoms with Crippen molar-refractivity contribution in [2.75, 3.05) is 4.90 Å². The van der Waals surface area contributed by atoms with Crippen LogP contribution in [0.3, 0.4) is 0 Å². The van der Waals surface area contributed by atoms with Gasteiger partial charge in [-0.05, 0) is 92.0 Å². The van der Waals surface area contributed by atoms with Crippen LogP contribution >= 0.6 is 0 Å². The fourth-order valence-electron chi connectivity index (χ4n) is 9.96. The van der Waals surface area contributed by atoms with Gasteiger partial charge in [0.15, 0.2) is 0 Å². The minimum Gasteiger partial charge on any atom is -0.455 e. The summed E-state index contributed by atoms with van der Waals surface area (Å²) in [6.07, 6.45) is 0. The summed E-state index contributed by atoms with van der Waals surface area (Å²) in [5, 5.41) is 2.26. The van der Waals surface area contributed by atoms with Crippen LogP contribution in [0.2, 0.25) is 0 Å². The smallest absolute Gasteiger partial charge is 0.143 e. The van der Waals surface area contributed by atoms with Gasteiger partial charge in [0.05, 0.1) is 11.1 Å². The van der Waals surface area contributed by atoms with E-state index >= 15 is 0 Å². The maximum Gasteiger partial charge on any atom is 0.143 e. The Kier molecular flexibility index (Phi) is 6.88. The molecule has 2 heteroatoms. The number of benzene rings is 9. The second kappa shape index (κ2) is 12.3. The minimum atomic E-state index is -0.434. The molecule has 9 aromatic carbocycles. The van der Waals surface area contributed by atoms with Crippen LogP contribution in [-0.2, 0) is 5.41 Å². The average molecular weight is 726 g/mol. The highest BCUT2D eigenvalue weighted by Crippen LogP contribution is 2.64. The van der Waals surface area contributed by atoms with Gasteiger partial charge >= 0.3 is 0 Å². The number of nitrogens with zero attached hydrogens (tertiary/aromatic N) is 1. The summed E-state index contributed by atoms with van der Waals surface area (Å²) < 4.78 is 6.56. The maximum atomic E-state index is 6.56. The normalized spacial score (nSPS) is 13.1. The van der Waals surface area contributed by atoms with Gasteiger partial charge < -0.3 is 9.32 Å². The van der Waals surface area contributed by atoms with Crippen molar-refractivity contribution in [1.82, 2.24) is 0 Å². The van der Waals surface area contributed by atoms with Gasteiger partial charge in [0.1, 0.15) is 11.2 Å². The van der Waals surface area contributed by atoms with Crippen molar-refractivity contribution in [3.05, 3.63) is 235 Å². The highest BCUT2D eigenvalue weighted by atomic mass is 16.3. The van der Waals surface area contributed by atoms with E-state index in [1.165, 1.54) is 55.6 Å². The van der Waals surface area contributed by atoms with Crippen LogP contribution in [0.25, 0.3) is 66.4 Å². The first-order valence-corrected chi connectivity index (χ1v) is 19.7. The van der Waals surface area contributed by atoms with E-state index in [9.17, 15) is 0 Å². The molecule has 0 unspecified atom stereocenters. The van der Waals surface area contributed by atoms with Crippen molar-refractivity contribution in [3.8, 4) is 44.5 Å². The van der Waals surface area contributed by atoms with Crippen LogP contribution in [0.15, 0.2) is 217 Å². The standard InChI is InChI=1S/C55H35NO/c1-2-15-36(16-3-1)37-31-33-39(34-32-37)56(40-18-12-17-38(35-40)41-23-13-24-45-44-21-7-11-30-52(44)57-54(41)45)51-29-14-28-50-53(51)46-22-6-10-27-49(46)55(50)47-25-8-4-19-42(47)43-20-5-9-26-48(43)55/h1-35H. The van der Waals surface area contributed by atoms with Gasteiger partial charge in [0.25, 0.3) is 0 Å². The van der Waals surface area contributed by atoms with Gasteiger partial charge in [-0.2, -0.15) is 0 Å². The van der Waals surface area contributed by atoms with Gasteiger partial charge in [-0.25, -0.2) is 0 Å². The molecular formula is C55H35NO. The first-order valence-electron chi connectivity index (χ1n) is 19.7. The second-order valence-electron chi connectivity index (χ2n) is 15.2. The molecule has 2 aliphatic rings. The molecule has 266 valence electrons. The predicted molar refractivity (Wildman–Crippen MR) is 236 cm³/mol. The molecule has 0 bridgehead atoms. The molecule has 0 N–H and O–H groups in total. The van der Waals surface area contributed by atoms with E-state index in [4.69, 9.17) is 4.42 Å². The number of fused-ring (bicyclic) bond motifs is 13. The fourth-order valence-corrected chi connectivity index (χ4v) is 9.96. The Morgan fingerprint density at radius 2 is 0.895 bits per heavy atom. The lowest BCUT2D eigenvalue weighted by Gasteiger charge is -2.32. The maximum absolute atomic E-state index is 6.56. The van der Waals surface area contributed by atoms with Crippen LogP contribution in [0.4, 0.5) is 17.1 Å². The monoisotopic (exact) mass is 725 g/mol. The molecule has 1 aromatic heterocycles. The second-order valence-corrected chi connectivity index (χ2v) is 15.2. The summed E-state index contributed by atoms with van der Waals surface area (Å²) in [4.78, 5) is 2.46. The predicted octanol–water partition coefficient (Wildman–Crippen LogP) is 14.7. The van der Waals surface area contributed by atoms with Crippen LogP contribution < -0.4 is 4.90 Å². The Bertz CT molecular complexity index is 3140.